The zero-order chi connectivity index (χ0) is 17.9. The van der Waals surface area contributed by atoms with Gasteiger partial charge >= 0.3 is 0 Å². The first kappa shape index (κ1) is 18.1. The number of rotatable bonds is 7. The van der Waals surface area contributed by atoms with Gasteiger partial charge in [0.2, 0.25) is 15.9 Å². The summed E-state index contributed by atoms with van der Waals surface area (Å²) < 4.78 is 32.8. The van der Waals surface area contributed by atoms with E-state index >= 15 is 0 Å². The molecule has 0 aromatic carbocycles. The van der Waals surface area contributed by atoms with Gasteiger partial charge in [-0.3, -0.25) is 4.79 Å². The largest absolute Gasteiger partial charge is 0.344 e. The fraction of sp³-hybridized carbons (Fsp3) is 0.500. The first-order valence-electron chi connectivity index (χ1n) is 7.50. The van der Waals surface area contributed by atoms with E-state index in [1.165, 1.54) is 27.2 Å². The highest BCUT2D eigenvalue weighted by Gasteiger charge is 2.22. The monoisotopic (exact) mass is 355 g/mol. The molecule has 9 nitrogen and oxygen atoms in total. The minimum atomic E-state index is -3.64. The molecule has 0 radical (unpaired) electrons. The molecule has 0 aliphatic heterocycles. The first-order chi connectivity index (χ1) is 11.3. The van der Waals surface area contributed by atoms with Crippen LogP contribution >= 0.6 is 0 Å². The molecule has 2 aromatic rings. The quantitative estimate of drug-likeness (QED) is 0.707. The van der Waals surface area contributed by atoms with Gasteiger partial charge in [-0.05, 0) is 11.2 Å². The van der Waals surface area contributed by atoms with E-state index in [2.05, 4.69) is 10.1 Å². The maximum absolute atomic E-state index is 12.6. The van der Waals surface area contributed by atoms with Crippen molar-refractivity contribution in [2.24, 2.45) is 0 Å². The van der Waals surface area contributed by atoms with Gasteiger partial charge in [-0.1, -0.05) is 13.8 Å². The second-order valence-electron chi connectivity index (χ2n) is 5.30. The Labute approximate surface area is 140 Å². The summed E-state index contributed by atoms with van der Waals surface area (Å²) in [6.45, 7) is 4.24. The van der Waals surface area contributed by atoms with Gasteiger partial charge < -0.3 is 14.0 Å². The molecule has 2 rings (SSSR count). The number of anilines is 1. The molecule has 0 amide bonds. The lowest BCUT2D eigenvalue weighted by atomic mass is 10.4. The fourth-order valence-corrected chi connectivity index (χ4v) is 3.61. The lowest BCUT2D eigenvalue weighted by Crippen LogP contribution is -2.32. The molecule has 0 saturated carbocycles. The van der Waals surface area contributed by atoms with Crippen molar-refractivity contribution >= 4 is 16.0 Å². The Balaban J connectivity index is 2.36. The lowest BCUT2D eigenvalue weighted by molar-refractivity contribution is 0.368. The molecule has 0 unspecified atom stereocenters. The number of pyridine rings is 1. The van der Waals surface area contributed by atoms with Crippen LogP contribution in [-0.2, 0) is 16.6 Å². The van der Waals surface area contributed by atoms with Crippen molar-refractivity contribution in [1.29, 1.82) is 0 Å². The van der Waals surface area contributed by atoms with Crippen LogP contribution in [0, 0.1) is 0 Å². The Hall–Kier alpha value is -2.20. The molecule has 10 heteroatoms. The predicted molar refractivity (Wildman–Crippen MR) is 88.5 cm³/mol. The van der Waals surface area contributed by atoms with Crippen LogP contribution in [0.4, 0.5) is 5.95 Å². The van der Waals surface area contributed by atoms with Gasteiger partial charge in [0.05, 0.1) is 4.90 Å². The molecule has 0 fully saturated rings. The molecule has 24 heavy (non-hydrogen) atoms. The van der Waals surface area contributed by atoms with Gasteiger partial charge in [0, 0.05) is 39.4 Å². The lowest BCUT2D eigenvalue weighted by Gasteiger charge is -2.18. The number of hydrogen-bond acceptors (Lipinski definition) is 7. The number of sulfonamides is 1. The van der Waals surface area contributed by atoms with Crippen LogP contribution in [0.2, 0.25) is 0 Å². The summed E-state index contributed by atoms with van der Waals surface area (Å²) in [6.07, 6.45) is 1.30. The van der Waals surface area contributed by atoms with Gasteiger partial charge in [0.1, 0.15) is 6.54 Å². The van der Waals surface area contributed by atoms with Crippen LogP contribution in [0.15, 0.2) is 32.5 Å². The van der Waals surface area contributed by atoms with Crippen LogP contribution in [0.3, 0.4) is 0 Å². The van der Waals surface area contributed by atoms with Gasteiger partial charge in [-0.2, -0.15) is 9.29 Å². The van der Waals surface area contributed by atoms with Crippen molar-refractivity contribution in [3.8, 4) is 0 Å². The highest BCUT2D eigenvalue weighted by Crippen LogP contribution is 2.14. The molecule has 0 aliphatic carbocycles. The van der Waals surface area contributed by atoms with Gasteiger partial charge in [0.25, 0.3) is 11.5 Å². The number of aromatic nitrogens is 3. The summed E-state index contributed by atoms with van der Waals surface area (Å²) in [7, 11) is -0.118. The Bertz CT molecular complexity index is 852. The van der Waals surface area contributed by atoms with Crippen molar-refractivity contribution in [3.63, 3.8) is 0 Å². The zero-order valence-electron chi connectivity index (χ0n) is 14.1. The van der Waals surface area contributed by atoms with E-state index in [4.69, 9.17) is 4.52 Å². The molecule has 2 heterocycles. The van der Waals surface area contributed by atoms with Crippen molar-refractivity contribution in [2.75, 3.05) is 32.1 Å². The van der Waals surface area contributed by atoms with E-state index in [1.807, 2.05) is 0 Å². The Morgan fingerprint density at radius 1 is 1.21 bits per heavy atom. The summed E-state index contributed by atoms with van der Waals surface area (Å²) in [5.41, 5.74) is -0.349. The van der Waals surface area contributed by atoms with Crippen LogP contribution < -0.4 is 10.5 Å². The number of nitrogens with zero attached hydrogens (tertiary/aromatic N) is 5. The molecule has 0 aliphatic rings. The average molecular weight is 355 g/mol. The van der Waals surface area contributed by atoms with E-state index in [0.29, 0.717) is 19.0 Å². The Morgan fingerprint density at radius 2 is 1.88 bits per heavy atom. The number of hydrogen-bond donors (Lipinski definition) is 0. The summed E-state index contributed by atoms with van der Waals surface area (Å²) >= 11 is 0. The molecule has 0 spiro atoms. The van der Waals surface area contributed by atoms with Crippen molar-refractivity contribution < 1.29 is 12.9 Å². The van der Waals surface area contributed by atoms with E-state index in [0.717, 1.165) is 0 Å². The second-order valence-corrected chi connectivity index (χ2v) is 7.24. The third-order valence-electron chi connectivity index (χ3n) is 3.46. The highest BCUT2D eigenvalue weighted by atomic mass is 32.2. The van der Waals surface area contributed by atoms with Crippen LogP contribution in [0.25, 0.3) is 0 Å². The minimum absolute atomic E-state index is 0.00127. The third-order valence-corrected chi connectivity index (χ3v) is 5.50. The smallest absolute Gasteiger partial charge is 0.265 e. The fourth-order valence-electron chi connectivity index (χ4n) is 2.14. The van der Waals surface area contributed by atoms with E-state index < -0.39 is 10.0 Å². The summed E-state index contributed by atoms with van der Waals surface area (Å²) in [5, 5.41) is 3.77. The summed E-state index contributed by atoms with van der Waals surface area (Å²) in [6, 6.07) is 2.53. The molecule has 0 bridgehead atoms. The Kier molecular flexibility index (Phi) is 5.40. The molecule has 0 atom stereocenters. The van der Waals surface area contributed by atoms with E-state index in [-0.39, 0.29) is 22.9 Å². The Morgan fingerprint density at radius 3 is 2.42 bits per heavy atom. The summed E-state index contributed by atoms with van der Waals surface area (Å²) in [5.74, 6) is 0.600. The second kappa shape index (κ2) is 7.14. The molecular formula is C14H21N5O4S. The SMILES string of the molecule is CCN(CC)S(=O)(=O)c1ccc(=O)n(Cc2nc(N(C)C)no2)c1. The van der Waals surface area contributed by atoms with Crippen LogP contribution in [0.1, 0.15) is 19.7 Å². The maximum atomic E-state index is 12.6. The maximum Gasteiger partial charge on any atom is 0.265 e. The molecule has 0 saturated heterocycles. The minimum Gasteiger partial charge on any atom is -0.344 e. The zero-order valence-corrected chi connectivity index (χ0v) is 14.9. The molecular weight excluding hydrogens is 334 g/mol. The van der Waals surface area contributed by atoms with E-state index in [9.17, 15) is 13.2 Å². The van der Waals surface area contributed by atoms with Crippen LogP contribution in [-0.4, -0.2) is 54.6 Å². The first-order valence-corrected chi connectivity index (χ1v) is 8.94. The van der Waals surface area contributed by atoms with Crippen LogP contribution in [0.5, 0.6) is 0 Å². The highest BCUT2D eigenvalue weighted by molar-refractivity contribution is 7.89. The predicted octanol–water partition coefficient (Wildman–Crippen LogP) is 0.376. The van der Waals surface area contributed by atoms with Crippen molar-refractivity contribution in [2.45, 2.75) is 25.3 Å². The van der Waals surface area contributed by atoms with Crippen molar-refractivity contribution in [1.82, 2.24) is 19.0 Å². The average Bonchev–Trinajstić information content (AvgIpc) is 2.99. The normalized spacial score (nSPS) is 11.9. The molecule has 0 N–H and O–H groups in total. The van der Waals surface area contributed by atoms with E-state index in [1.54, 1.807) is 32.8 Å². The van der Waals surface area contributed by atoms with Gasteiger partial charge in [-0.15, -0.1) is 0 Å². The van der Waals surface area contributed by atoms with Crippen molar-refractivity contribution in [3.05, 3.63) is 34.6 Å². The standard InChI is InChI=1S/C14H21N5O4S/c1-5-19(6-2)24(21,22)11-7-8-13(20)18(9-11)10-12-15-14(16-23-12)17(3)4/h7-9H,5-6,10H2,1-4H3. The summed E-state index contributed by atoms with van der Waals surface area (Å²) in [4.78, 5) is 17.9. The molecule has 2 aromatic heterocycles. The topological polar surface area (TPSA) is 102 Å². The third kappa shape index (κ3) is 3.65. The van der Waals surface area contributed by atoms with Gasteiger partial charge in [-0.25, -0.2) is 8.42 Å². The van der Waals surface area contributed by atoms with Gasteiger partial charge in [0.15, 0.2) is 0 Å². The molecule has 132 valence electrons.